The number of aromatic amines is 1. The number of aromatic nitrogens is 3. The number of anilines is 1. The van der Waals surface area contributed by atoms with Crippen LogP contribution in [0.2, 0.25) is 0 Å². The summed E-state index contributed by atoms with van der Waals surface area (Å²) < 4.78 is 5.57. The summed E-state index contributed by atoms with van der Waals surface area (Å²) >= 11 is 0. The molecule has 0 aliphatic carbocycles. The summed E-state index contributed by atoms with van der Waals surface area (Å²) in [5.41, 5.74) is 6.23. The molecule has 3 aromatic rings. The minimum Gasteiger partial charge on any atom is -0.486 e. The van der Waals surface area contributed by atoms with Gasteiger partial charge in [0.15, 0.2) is 11.6 Å². The van der Waals surface area contributed by atoms with Gasteiger partial charge in [0.25, 0.3) is 0 Å². The average Bonchev–Trinajstić information content (AvgIpc) is 3.07. The summed E-state index contributed by atoms with van der Waals surface area (Å²) in [4.78, 5) is 16.1. The van der Waals surface area contributed by atoms with Gasteiger partial charge >= 0.3 is 0 Å². The Balaban J connectivity index is 1.46. The van der Waals surface area contributed by atoms with Gasteiger partial charge < -0.3 is 4.74 Å². The highest BCUT2D eigenvalue weighted by Crippen LogP contribution is 2.10. The number of rotatable bonds is 7. The van der Waals surface area contributed by atoms with E-state index in [0.717, 1.165) is 11.4 Å². The van der Waals surface area contributed by atoms with E-state index in [9.17, 15) is 4.79 Å². The summed E-state index contributed by atoms with van der Waals surface area (Å²) in [6.45, 7) is 0.265. The molecule has 3 rings (SSSR count). The summed E-state index contributed by atoms with van der Waals surface area (Å²) in [7, 11) is 0. The van der Waals surface area contributed by atoms with Crippen molar-refractivity contribution in [1.29, 1.82) is 0 Å². The van der Waals surface area contributed by atoms with Crippen LogP contribution in [0.1, 0.15) is 11.6 Å². The third-order valence-electron chi connectivity index (χ3n) is 3.14. The van der Waals surface area contributed by atoms with Crippen LogP contribution in [0.25, 0.3) is 0 Å². The fourth-order valence-electron chi connectivity index (χ4n) is 2.00. The van der Waals surface area contributed by atoms with Crippen LogP contribution < -0.4 is 15.6 Å². The normalized spacial score (nSPS) is 10.2. The molecule has 7 heteroatoms. The van der Waals surface area contributed by atoms with Gasteiger partial charge in [-0.2, -0.15) is 5.10 Å². The van der Waals surface area contributed by atoms with Crippen LogP contribution >= 0.6 is 0 Å². The van der Waals surface area contributed by atoms with Crippen molar-refractivity contribution < 1.29 is 9.53 Å². The molecule has 0 spiro atoms. The number of benzene rings is 2. The molecule has 0 saturated carbocycles. The molecular formula is C17H17N5O2. The Hall–Kier alpha value is -3.35. The second-order valence-corrected chi connectivity index (χ2v) is 5.02. The first-order valence-electron chi connectivity index (χ1n) is 7.47. The van der Waals surface area contributed by atoms with E-state index in [1.165, 1.54) is 0 Å². The van der Waals surface area contributed by atoms with Crippen molar-refractivity contribution >= 4 is 11.6 Å². The van der Waals surface area contributed by atoms with Gasteiger partial charge in [-0.1, -0.05) is 36.4 Å². The van der Waals surface area contributed by atoms with Gasteiger partial charge in [0.2, 0.25) is 5.91 Å². The van der Waals surface area contributed by atoms with Crippen LogP contribution in [0.15, 0.2) is 60.7 Å². The highest BCUT2D eigenvalue weighted by molar-refractivity contribution is 5.79. The first-order valence-corrected chi connectivity index (χ1v) is 7.47. The molecule has 0 bridgehead atoms. The lowest BCUT2D eigenvalue weighted by Gasteiger charge is -2.06. The van der Waals surface area contributed by atoms with Crippen molar-refractivity contribution in [3.8, 4) is 5.75 Å². The Kier molecular flexibility index (Phi) is 5.03. The molecule has 0 saturated heterocycles. The van der Waals surface area contributed by atoms with Crippen LogP contribution in [0, 0.1) is 0 Å². The number of para-hydroxylation sites is 2. The third kappa shape index (κ3) is 4.57. The molecule has 0 aliphatic heterocycles. The minimum atomic E-state index is -0.228. The van der Waals surface area contributed by atoms with Crippen molar-refractivity contribution in [2.45, 2.75) is 13.0 Å². The van der Waals surface area contributed by atoms with Crippen LogP contribution in [0.5, 0.6) is 5.75 Å². The predicted molar refractivity (Wildman–Crippen MR) is 89.1 cm³/mol. The molecule has 3 N–H and O–H groups in total. The van der Waals surface area contributed by atoms with Crippen molar-refractivity contribution in [1.82, 2.24) is 20.6 Å². The lowest BCUT2D eigenvalue weighted by atomic mass is 10.3. The monoisotopic (exact) mass is 323 g/mol. The number of H-pyrrole nitrogens is 1. The van der Waals surface area contributed by atoms with Gasteiger partial charge in [0.05, 0.1) is 12.1 Å². The maximum atomic E-state index is 11.9. The zero-order valence-electron chi connectivity index (χ0n) is 12.9. The maximum absolute atomic E-state index is 11.9. The maximum Gasteiger partial charge on any atom is 0.246 e. The van der Waals surface area contributed by atoms with E-state index in [-0.39, 0.29) is 18.9 Å². The van der Waals surface area contributed by atoms with Gasteiger partial charge in [0.1, 0.15) is 12.4 Å². The molecule has 1 heterocycles. The molecule has 0 aliphatic rings. The number of hydrazine groups is 1. The average molecular weight is 323 g/mol. The number of hydrogen-bond acceptors (Lipinski definition) is 5. The first kappa shape index (κ1) is 15.5. The summed E-state index contributed by atoms with van der Waals surface area (Å²) in [6.07, 6.45) is 0.0711. The van der Waals surface area contributed by atoms with Crippen molar-refractivity contribution in [3.05, 3.63) is 72.3 Å². The smallest absolute Gasteiger partial charge is 0.246 e. The molecule has 0 radical (unpaired) electrons. The zero-order chi connectivity index (χ0) is 16.6. The van der Waals surface area contributed by atoms with Crippen molar-refractivity contribution in [2.75, 3.05) is 5.43 Å². The third-order valence-corrected chi connectivity index (χ3v) is 3.14. The number of amides is 1. The number of ether oxygens (including phenoxy) is 1. The molecule has 0 fully saturated rings. The van der Waals surface area contributed by atoms with Crippen molar-refractivity contribution in [3.63, 3.8) is 0 Å². The number of carbonyl (C=O) groups excluding carboxylic acids is 1. The Morgan fingerprint density at radius 3 is 2.50 bits per heavy atom. The highest BCUT2D eigenvalue weighted by atomic mass is 16.5. The van der Waals surface area contributed by atoms with Gasteiger partial charge in [0, 0.05) is 0 Å². The van der Waals surface area contributed by atoms with E-state index in [1.54, 1.807) is 0 Å². The van der Waals surface area contributed by atoms with Gasteiger partial charge in [-0.25, -0.2) is 4.98 Å². The van der Waals surface area contributed by atoms with Gasteiger partial charge in [-0.3, -0.25) is 20.7 Å². The van der Waals surface area contributed by atoms with E-state index in [2.05, 4.69) is 26.0 Å². The van der Waals surface area contributed by atoms with Crippen LogP contribution in [-0.2, 0) is 17.8 Å². The molecule has 2 aromatic carbocycles. The topological polar surface area (TPSA) is 91.9 Å². The van der Waals surface area contributed by atoms with Crippen LogP contribution in [-0.4, -0.2) is 21.1 Å². The fourth-order valence-corrected chi connectivity index (χ4v) is 2.00. The number of nitrogens with one attached hydrogen (secondary N) is 3. The van der Waals surface area contributed by atoms with E-state index >= 15 is 0 Å². The molecule has 24 heavy (non-hydrogen) atoms. The van der Waals surface area contributed by atoms with E-state index in [0.29, 0.717) is 11.6 Å². The minimum absolute atomic E-state index is 0.0711. The number of nitrogens with zero attached hydrogens (tertiary/aromatic N) is 2. The van der Waals surface area contributed by atoms with Gasteiger partial charge in [-0.05, 0) is 24.3 Å². The Morgan fingerprint density at radius 2 is 1.75 bits per heavy atom. The Bertz CT molecular complexity index is 774. The quantitative estimate of drug-likeness (QED) is 0.579. The second kappa shape index (κ2) is 7.77. The molecule has 1 amide bonds. The fraction of sp³-hybridized carbons (Fsp3) is 0.118. The molecular weight excluding hydrogens is 306 g/mol. The summed E-state index contributed by atoms with van der Waals surface area (Å²) in [5, 5.41) is 6.79. The van der Waals surface area contributed by atoms with Crippen LogP contribution in [0.4, 0.5) is 5.69 Å². The molecule has 122 valence electrons. The molecule has 1 aromatic heterocycles. The van der Waals surface area contributed by atoms with E-state index in [4.69, 9.17) is 4.74 Å². The lowest BCUT2D eigenvalue weighted by Crippen LogP contribution is -2.31. The first-order chi connectivity index (χ1) is 11.8. The highest BCUT2D eigenvalue weighted by Gasteiger charge is 2.09. The number of carbonyl (C=O) groups is 1. The molecule has 0 atom stereocenters. The van der Waals surface area contributed by atoms with Gasteiger partial charge in [-0.15, -0.1) is 0 Å². The SMILES string of the molecule is O=C(Cc1n[nH]c(COc2ccccc2)n1)NNc1ccccc1. The van der Waals surface area contributed by atoms with Crippen LogP contribution in [0.3, 0.4) is 0 Å². The largest absolute Gasteiger partial charge is 0.486 e. The molecule has 0 unspecified atom stereocenters. The number of hydrogen-bond donors (Lipinski definition) is 3. The lowest BCUT2D eigenvalue weighted by molar-refractivity contribution is -0.120. The van der Waals surface area contributed by atoms with E-state index in [1.807, 2.05) is 60.7 Å². The summed E-state index contributed by atoms with van der Waals surface area (Å²) in [6, 6.07) is 18.8. The van der Waals surface area contributed by atoms with Crippen molar-refractivity contribution in [2.24, 2.45) is 0 Å². The standard InChI is InChI=1S/C17H17N5O2/c23-17(22-19-13-7-3-1-4-8-13)11-15-18-16(21-20-15)12-24-14-9-5-2-6-10-14/h1-10,19H,11-12H2,(H,22,23)(H,18,20,21). The Labute approximate surface area is 139 Å². The molecule has 7 nitrogen and oxygen atoms in total. The predicted octanol–water partition coefficient (Wildman–Crippen LogP) is 2.07. The Morgan fingerprint density at radius 1 is 1.04 bits per heavy atom. The zero-order valence-corrected chi connectivity index (χ0v) is 12.9. The summed E-state index contributed by atoms with van der Waals surface area (Å²) in [5.74, 6) is 1.50. The second-order valence-electron chi connectivity index (χ2n) is 5.02. The van der Waals surface area contributed by atoms with E-state index < -0.39 is 0 Å².